The van der Waals surface area contributed by atoms with Crippen molar-refractivity contribution in [2.75, 3.05) is 13.6 Å². The van der Waals surface area contributed by atoms with E-state index in [1.54, 1.807) is 11.9 Å². The number of aryl methyl sites for hydroxylation is 1. The molecule has 0 amide bonds. The van der Waals surface area contributed by atoms with E-state index in [1.807, 2.05) is 19.1 Å². The SMILES string of the molecule is Cc1ccc(CCN(C)C(=N)NC(=N)N)o1. The third-order valence-electron chi connectivity index (χ3n) is 2.12. The predicted octanol–water partition coefficient (Wildman–Crippen LogP) is 0.480. The van der Waals surface area contributed by atoms with Crippen LogP contribution < -0.4 is 11.1 Å². The molecular formula is C10H17N5O. The third-order valence-corrected chi connectivity index (χ3v) is 2.12. The Bertz CT molecular complexity index is 384. The number of guanidine groups is 2. The molecule has 0 radical (unpaired) electrons. The normalized spacial score (nSPS) is 9.88. The van der Waals surface area contributed by atoms with Crippen molar-refractivity contribution >= 4 is 11.9 Å². The van der Waals surface area contributed by atoms with Gasteiger partial charge in [-0.1, -0.05) is 0 Å². The van der Waals surface area contributed by atoms with Crippen LogP contribution in [0.25, 0.3) is 0 Å². The van der Waals surface area contributed by atoms with Gasteiger partial charge in [-0.15, -0.1) is 0 Å². The summed E-state index contributed by atoms with van der Waals surface area (Å²) in [6, 6.07) is 3.83. The maximum atomic E-state index is 7.56. The first-order chi connectivity index (χ1) is 7.49. The molecule has 0 saturated heterocycles. The number of hydrogen-bond donors (Lipinski definition) is 4. The van der Waals surface area contributed by atoms with Gasteiger partial charge in [-0.05, 0) is 19.1 Å². The van der Waals surface area contributed by atoms with E-state index >= 15 is 0 Å². The van der Waals surface area contributed by atoms with E-state index in [0.29, 0.717) is 13.0 Å². The number of nitrogens with two attached hydrogens (primary N) is 1. The lowest BCUT2D eigenvalue weighted by atomic mass is 10.3. The first-order valence-electron chi connectivity index (χ1n) is 4.95. The molecule has 16 heavy (non-hydrogen) atoms. The van der Waals surface area contributed by atoms with Gasteiger partial charge in [0.2, 0.25) is 0 Å². The summed E-state index contributed by atoms with van der Waals surface area (Å²) >= 11 is 0. The summed E-state index contributed by atoms with van der Waals surface area (Å²) in [4.78, 5) is 1.67. The molecule has 0 bridgehead atoms. The van der Waals surface area contributed by atoms with Crippen molar-refractivity contribution in [1.29, 1.82) is 10.8 Å². The molecule has 0 spiro atoms. The van der Waals surface area contributed by atoms with Gasteiger partial charge < -0.3 is 15.1 Å². The van der Waals surface area contributed by atoms with Crippen LogP contribution in [-0.4, -0.2) is 30.4 Å². The summed E-state index contributed by atoms with van der Waals surface area (Å²) in [5.74, 6) is 1.65. The van der Waals surface area contributed by atoms with Crippen LogP contribution in [0.4, 0.5) is 0 Å². The molecule has 0 aliphatic rings. The molecule has 6 nitrogen and oxygen atoms in total. The lowest BCUT2D eigenvalue weighted by Crippen LogP contribution is -2.44. The Morgan fingerprint density at radius 2 is 2.19 bits per heavy atom. The van der Waals surface area contributed by atoms with E-state index in [4.69, 9.17) is 21.0 Å². The van der Waals surface area contributed by atoms with Gasteiger partial charge in [0.25, 0.3) is 0 Å². The fraction of sp³-hybridized carbons (Fsp3) is 0.400. The van der Waals surface area contributed by atoms with E-state index < -0.39 is 0 Å². The van der Waals surface area contributed by atoms with Gasteiger partial charge in [0, 0.05) is 20.0 Å². The molecule has 1 rings (SSSR count). The standard InChI is InChI=1S/C10H17N5O/c1-7-3-4-8(16-7)5-6-15(2)10(13)14-9(11)12/h3-4H,5-6H2,1-2H3,(H5,11,12,13,14). The summed E-state index contributed by atoms with van der Waals surface area (Å²) < 4.78 is 5.41. The molecule has 0 saturated carbocycles. The van der Waals surface area contributed by atoms with Gasteiger partial charge >= 0.3 is 0 Å². The Morgan fingerprint density at radius 1 is 1.50 bits per heavy atom. The van der Waals surface area contributed by atoms with Crippen LogP contribution in [0.1, 0.15) is 11.5 Å². The minimum Gasteiger partial charge on any atom is -0.466 e. The van der Waals surface area contributed by atoms with Crippen LogP contribution in [0.15, 0.2) is 16.5 Å². The molecule has 1 heterocycles. The molecule has 0 aliphatic heterocycles. The highest BCUT2D eigenvalue weighted by atomic mass is 16.3. The van der Waals surface area contributed by atoms with E-state index in [0.717, 1.165) is 11.5 Å². The highest BCUT2D eigenvalue weighted by Crippen LogP contribution is 2.07. The van der Waals surface area contributed by atoms with E-state index in [2.05, 4.69) is 5.32 Å². The molecule has 0 unspecified atom stereocenters. The smallest absolute Gasteiger partial charge is 0.197 e. The first-order valence-corrected chi connectivity index (χ1v) is 4.95. The highest BCUT2D eigenvalue weighted by Gasteiger charge is 2.06. The Balaban J connectivity index is 2.37. The fourth-order valence-corrected chi connectivity index (χ4v) is 1.23. The first kappa shape index (κ1) is 12.1. The van der Waals surface area contributed by atoms with Crippen molar-refractivity contribution in [1.82, 2.24) is 10.2 Å². The van der Waals surface area contributed by atoms with Crippen LogP contribution in [0, 0.1) is 17.7 Å². The maximum Gasteiger partial charge on any atom is 0.197 e. The lowest BCUT2D eigenvalue weighted by Gasteiger charge is -2.19. The Labute approximate surface area is 94.4 Å². The number of furan rings is 1. The van der Waals surface area contributed by atoms with E-state index in [9.17, 15) is 0 Å². The quantitative estimate of drug-likeness (QED) is 0.442. The van der Waals surface area contributed by atoms with Crippen molar-refractivity contribution in [3.63, 3.8) is 0 Å². The van der Waals surface area contributed by atoms with Gasteiger partial charge in [-0.3, -0.25) is 16.1 Å². The molecule has 0 aromatic carbocycles. The van der Waals surface area contributed by atoms with Crippen molar-refractivity contribution < 1.29 is 4.42 Å². The van der Waals surface area contributed by atoms with Crippen LogP contribution in [-0.2, 0) is 6.42 Å². The molecule has 0 fully saturated rings. The third kappa shape index (κ3) is 3.64. The summed E-state index contributed by atoms with van der Waals surface area (Å²) in [6.45, 7) is 2.53. The second-order valence-electron chi connectivity index (χ2n) is 3.57. The molecule has 0 aliphatic carbocycles. The lowest BCUT2D eigenvalue weighted by molar-refractivity contribution is 0.433. The van der Waals surface area contributed by atoms with Crippen LogP contribution in [0.2, 0.25) is 0 Å². The molecule has 1 aromatic heterocycles. The zero-order valence-electron chi connectivity index (χ0n) is 9.50. The fourth-order valence-electron chi connectivity index (χ4n) is 1.23. The van der Waals surface area contributed by atoms with Crippen molar-refractivity contribution in [3.05, 3.63) is 23.7 Å². The Hall–Kier alpha value is -1.98. The number of nitrogens with zero attached hydrogens (tertiary/aromatic N) is 1. The van der Waals surface area contributed by atoms with Crippen LogP contribution >= 0.6 is 0 Å². The Morgan fingerprint density at radius 3 is 2.69 bits per heavy atom. The van der Waals surface area contributed by atoms with Crippen molar-refractivity contribution in [3.8, 4) is 0 Å². The second-order valence-corrected chi connectivity index (χ2v) is 3.57. The Kier molecular flexibility index (Phi) is 3.93. The maximum absolute atomic E-state index is 7.56. The summed E-state index contributed by atoms with van der Waals surface area (Å²) in [5.41, 5.74) is 5.13. The molecule has 6 heteroatoms. The largest absolute Gasteiger partial charge is 0.466 e. The zero-order chi connectivity index (χ0) is 12.1. The molecule has 0 atom stereocenters. The van der Waals surface area contributed by atoms with Gasteiger partial charge in [-0.2, -0.15) is 0 Å². The predicted molar refractivity (Wildman–Crippen MR) is 62.6 cm³/mol. The number of rotatable bonds is 3. The molecule has 88 valence electrons. The second kappa shape index (κ2) is 5.20. The van der Waals surface area contributed by atoms with E-state index in [1.165, 1.54) is 0 Å². The topological polar surface area (TPSA) is 102 Å². The number of likely N-dealkylation sites (N-methyl/N-ethyl adjacent to an activating group) is 1. The average Bonchev–Trinajstić information content (AvgIpc) is 2.59. The monoisotopic (exact) mass is 223 g/mol. The van der Waals surface area contributed by atoms with Crippen molar-refractivity contribution in [2.45, 2.75) is 13.3 Å². The van der Waals surface area contributed by atoms with Gasteiger partial charge in [0.1, 0.15) is 11.5 Å². The number of hydrogen-bond acceptors (Lipinski definition) is 3. The zero-order valence-corrected chi connectivity index (χ0v) is 9.50. The minimum atomic E-state index is -0.231. The highest BCUT2D eigenvalue weighted by molar-refractivity contribution is 5.94. The summed E-state index contributed by atoms with van der Waals surface area (Å²) in [5, 5.41) is 17.0. The van der Waals surface area contributed by atoms with Gasteiger partial charge in [-0.25, -0.2) is 0 Å². The molecular weight excluding hydrogens is 206 g/mol. The molecule has 5 N–H and O–H groups in total. The van der Waals surface area contributed by atoms with E-state index in [-0.39, 0.29) is 11.9 Å². The van der Waals surface area contributed by atoms with Crippen molar-refractivity contribution in [2.24, 2.45) is 5.73 Å². The summed E-state index contributed by atoms with van der Waals surface area (Å²) in [7, 11) is 1.76. The van der Waals surface area contributed by atoms with Crippen LogP contribution in [0.3, 0.4) is 0 Å². The van der Waals surface area contributed by atoms with Gasteiger partial charge in [0.15, 0.2) is 11.9 Å². The van der Waals surface area contributed by atoms with Gasteiger partial charge in [0.05, 0.1) is 0 Å². The van der Waals surface area contributed by atoms with Crippen LogP contribution in [0.5, 0.6) is 0 Å². The summed E-state index contributed by atoms with van der Waals surface area (Å²) in [6.07, 6.45) is 0.715. The minimum absolute atomic E-state index is 0.107. The average molecular weight is 223 g/mol. The number of nitrogens with one attached hydrogen (secondary N) is 3. The molecule has 1 aromatic rings.